The van der Waals surface area contributed by atoms with Gasteiger partial charge in [-0.15, -0.1) is 0 Å². The highest BCUT2D eigenvalue weighted by Gasteiger charge is 2.30. The van der Waals surface area contributed by atoms with E-state index in [1.165, 1.54) is 11.5 Å². The van der Waals surface area contributed by atoms with Crippen molar-refractivity contribution in [1.82, 2.24) is 14.5 Å². The van der Waals surface area contributed by atoms with E-state index >= 15 is 0 Å². The van der Waals surface area contributed by atoms with Gasteiger partial charge in [-0.1, -0.05) is 11.6 Å². The molecular formula is C22H18ClF2N3O3. The fourth-order valence-corrected chi connectivity index (χ4v) is 3.81. The molecule has 0 unspecified atom stereocenters. The molecule has 3 aromatic heterocycles. The van der Waals surface area contributed by atoms with Crippen molar-refractivity contribution in [3.63, 3.8) is 0 Å². The Kier molecular flexibility index (Phi) is 5.58. The summed E-state index contributed by atoms with van der Waals surface area (Å²) in [7, 11) is 0. The van der Waals surface area contributed by atoms with Crippen molar-refractivity contribution in [3.05, 3.63) is 80.2 Å². The lowest BCUT2D eigenvalue weighted by molar-refractivity contribution is 0.101. The predicted molar refractivity (Wildman–Crippen MR) is 110 cm³/mol. The van der Waals surface area contributed by atoms with E-state index in [1.54, 1.807) is 25.4 Å². The van der Waals surface area contributed by atoms with Crippen molar-refractivity contribution in [2.24, 2.45) is 0 Å². The third-order valence-electron chi connectivity index (χ3n) is 5.19. The number of carbonyl (C=O) groups excluding carboxylic acids is 1. The molecule has 0 amide bonds. The van der Waals surface area contributed by atoms with Crippen molar-refractivity contribution < 1.29 is 18.3 Å². The summed E-state index contributed by atoms with van der Waals surface area (Å²) >= 11 is 6.35. The Hall–Kier alpha value is -3.13. The second kappa shape index (κ2) is 8.19. The lowest BCUT2D eigenvalue weighted by atomic mass is 10.1. The van der Waals surface area contributed by atoms with Crippen LogP contribution in [0.25, 0.3) is 5.69 Å². The molecule has 31 heavy (non-hydrogen) atoms. The van der Waals surface area contributed by atoms with Crippen molar-refractivity contribution >= 4 is 17.4 Å². The summed E-state index contributed by atoms with van der Waals surface area (Å²) < 4.78 is 34.0. The first kappa shape index (κ1) is 21.1. The second-order valence-electron chi connectivity index (χ2n) is 7.38. The molecule has 0 N–H and O–H groups in total. The smallest absolute Gasteiger partial charge is 0.277 e. The number of nitrogens with zero attached hydrogens (tertiary/aromatic N) is 3. The van der Waals surface area contributed by atoms with Gasteiger partial charge in [0.25, 0.3) is 5.56 Å². The number of hydrogen-bond acceptors (Lipinski definition) is 5. The molecule has 0 aromatic carbocycles. The highest BCUT2D eigenvalue weighted by Crippen LogP contribution is 2.42. The minimum Gasteiger partial charge on any atom is -0.485 e. The molecule has 1 fully saturated rings. The number of halogens is 3. The number of hydrogen-bond donors (Lipinski definition) is 0. The van der Waals surface area contributed by atoms with Crippen LogP contribution in [0.15, 0.2) is 35.5 Å². The van der Waals surface area contributed by atoms with Gasteiger partial charge in [-0.25, -0.2) is 8.78 Å². The minimum absolute atomic E-state index is 0.102. The molecule has 3 heterocycles. The minimum atomic E-state index is -0.906. The zero-order valence-corrected chi connectivity index (χ0v) is 17.5. The predicted octanol–water partition coefficient (Wildman–Crippen LogP) is 4.53. The van der Waals surface area contributed by atoms with Crippen LogP contribution in [0.1, 0.15) is 53.0 Å². The number of ether oxygens (including phenoxy) is 1. The summed E-state index contributed by atoms with van der Waals surface area (Å²) in [4.78, 5) is 33.5. The van der Waals surface area contributed by atoms with Crippen LogP contribution in [-0.2, 0) is 6.61 Å². The monoisotopic (exact) mass is 445 g/mol. The third kappa shape index (κ3) is 3.95. The van der Waals surface area contributed by atoms with Gasteiger partial charge in [-0.05, 0) is 44.2 Å². The third-order valence-corrected chi connectivity index (χ3v) is 5.52. The fourth-order valence-electron chi connectivity index (χ4n) is 3.58. The van der Waals surface area contributed by atoms with Crippen LogP contribution in [0.5, 0.6) is 5.75 Å². The maximum atomic E-state index is 13.9. The fraction of sp³-hybridized carbons (Fsp3) is 0.273. The summed E-state index contributed by atoms with van der Waals surface area (Å²) in [6.07, 6.45) is 6.13. The van der Waals surface area contributed by atoms with Crippen LogP contribution in [-0.4, -0.2) is 20.3 Å². The highest BCUT2D eigenvalue weighted by molar-refractivity contribution is 6.32. The van der Waals surface area contributed by atoms with E-state index in [4.69, 9.17) is 16.3 Å². The molecule has 0 aliphatic heterocycles. The number of aromatic nitrogens is 3. The average Bonchev–Trinajstić information content (AvgIpc) is 3.56. The van der Waals surface area contributed by atoms with E-state index < -0.39 is 23.8 Å². The number of pyridine rings is 3. The van der Waals surface area contributed by atoms with Gasteiger partial charge >= 0.3 is 0 Å². The molecule has 3 aromatic rings. The van der Waals surface area contributed by atoms with Gasteiger partial charge in [0.2, 0.25) is 0 Å². The van der Waals surface area contributed by atoms with Crippen molar-refractivity contribution in [2.75, 3.05) is 0 Å². The second-order valence-corrected chi connectivity index (χ2v) is 7.76. The van der Waals surface area contributed by atoms with Gasteiger partial charge in [-0.3, -0.25) is 24.1 Å². The molecule has 1 saturated carbocycles. The molecule has 1 aliphatic rings. The first-order chi connectivity index (χ1) is 14.8. The van der Waals surface area contributed by atoms with Gasteiger partial charge in [0, 0.05) is 24.2 Å². The molecule has 0 atom stereocenters. The summed E-state index contributed by atoms with van der Waals surface area (Å²) in [5.41, 5.74) is 1.22. The van der Waals surface area contributed by atoms with Gasteiger partial charge in [0.1, 0.15) is 23.1 Å². The lowest BCUT2D eigenvalue weighted by Gasteiger charge is -2.20. The zero-order valence-electron chi connectivity index (χ0n) is 16.8. The SMILES string of the molecule is CC(=O)c1c(OCc2ncc(F)cc2F)c(Cl)c(=O)n(-c2ccncc2C2CC2)c1C. The number of ketones is 1. The lowest BCUT2D eigenvalue weighted by Crippen LogP contribution is -2.26. The quantitative estimate of drug-likeness (QED) is 0.521. The highest BCUT2D eigenvalue weighted by atomic mass is 35.5. The topological polar surface area (TPSA) is 74.1 Å². The molecule has 1 aliphatic carbocycles. The van der Waals surface area contributed by atoms with Crippen LogP contribution in [0.3, 0.4) is 0 Å². The Labute approximate surface area is 181 Å². The Morgan fingerprint density at radius 1 is 1.32 bits per heavy atom. The van der Waals surface area contributed by atoms with E-state index in [9.17, 15) is 18.4 Å². The van der Waals surface area contributed by atoms with E-state index in [1.807, 2.05) is 0 Å². The normalized spacial score (nSPS) is 13.3. The molecule has 160 valence electrons. The van der Waals surface area contributed by atoms with Crippen LogP contribution >= 0.6 is 11.6 Å². The maximum absolute atomic E-state index is 13.9. The Bertz CT molecular complexity index is 1260. The first-order valence-corrected chi connectivity index (χ1v) is 10.0. The Morgan fingerprint density at radius 3 is 2.71 bits per heavy atom. The van der Waals surface area contributed by atoms with E-state index in [0.29, 0.717) is 23.4 Å². The van der Waals surface area contributed by atoms with Crippen molar-refractivity contribution in [1.29, 1.82) is 0 Å². The van der Waals surface area contributed by atoms with Gasteiger partial charge in [0.05, 0.1) is 17.4 Å². The summed E-state index contributed by atoms with van der Waals surface area (Å²) in [6, 6.07) is 2.38. The molecule has 0 bridgehead atoms. The number of Topliss-reactive ketones (excluding diaryl/α,β-unsaturated/α-hetero) is 1. The van der Waals surface area contributed by atoms with E-state index in [-0.39, 0.29) is 27.8 Å². The maximum Gasteiger partial charge on any atom is 0.277 e. The molecule has 9 heteroatoms. The summed E-state index contributed by atoms with van der Waals surface area (Å²) in [5.74, 6) is -1.96. The van der Waals surface area contributed by atoms with Gasteiger partial charge in [0.15, 0.2) is 17.3 Å². The number of carbonyl (C=O) groups is 1. The molecular weight excluding hydrogens is 428 g/mol. The van der Waals surface area contributed by atoms with Crippen LogP contribution in [0, 0.1) is 18.6 Å². The molecule has 0 spiro atoms. The van der Waals surface area contributed by atoms with Crippen LogP contribution < -0.4 is 10.3 Å². The average molecular weight is 446 g/mol. The standard InChI is InChI=1S/C22H18ClF2N3O3/c1-11-19(12(2)29)21(31-10-17-16(25)7-14(24)8-27-17)20(23)22(30)28(11)18-5-6-26-9-15(18)13-3-4-13/h5-9,13H,3-4,10H2,1-2H3. The molecule has 4 rings (SSSR count). The number of rotatable bonds is 6. The van der Waals surface area contributed by atoms with Crippen LogP contribution in [0.2, 0.25) is 5.02 Å². The largest absolute Gasteiger partial charge is 0.485 e. The Balaban J connectivity index is 1.83. The molecule has 0 saturated heterocycles. The Morgan fingerprint density at radius 2 is 2.06 bits per heavy atom. The first-order valence-electron chi connectivity index (χ1n) is 9.62. The zero-order chi connectivity index (χ0) is 22.3. The summed E-state index contributed by atoms with van der Waals surface area (Å²) in [6.45, 7) is 2.51. The molecule has 6 nitrogen and oxygen atoms in total. The van der Waals surface area contributed by atoms with Crippen LogP contribution in [0.4, 0.5) is 8.78 Å². The van der Waals surface area contributed by atoms with Crippen molar-refractivity contribution in [3.8, 4) is 11.4 Å². The molecule has 0 radical (unpaired) electrons. The van der Waals surface area contributed by atoms with E-state index in [2.05, 4.69) is 9.97 Å². The summed E-state index contributed by atoms with van der Waals surface area (Å²) in [5, 5.41) is -0.308. The van der Waals surface area contributed by atoms with Crippen molar-refractivity contribution in [2.45, 2.75) is 39.2 Å². The van der Waals surface area contributed by atoms with Gasteiger partial charge < -0.3 is 4.74 Å². The van der Waals surface area contributed by atoms with Gasteiger partial charge in [-0.2, -0.15) is 0 Å². The van der Waals surface area contributed by atoms with E-state index in [0.717, 1.165) is 24.6 Å².